The summed E-state index contributed by atoms with van der Waals surface area (Å²) in [6.07, 6.45) is 0. The topological polar surface area (TPSA) is 82.6 Å². The fourth-order valence-corrected chi connectivity index (χ4v) is 2.67. The van der Waals surface area contributed by atoms with E-state index in [2.05, 4.69) is 15.3 Å². The van der Waals surface area contributed by atoms with Crippen molar-refractivity contribution in [2.24, 2.45) is 0 Å². The highest BCUT2D eigenvalue weighted by atomic mass is 35.5. The van der Waals surface area contributed by atoms with Gasteiger partial charge in [-0.25, -0.2) is 4.79 Å². The molecule has 0 spiro atoms. The van der Waals surface area contributed by atoms with Crippen LogP contribution in [0.2, 0.25) is 5.02 Å². The first-order valence-corrected chi connectivity index (χ1v) is 8.72. The van der Waals surface area contributed by atoms with Crippen LogP contribution >= 0.6 is 11.6 Å². The van der Waals surface area contributed by atoms with E-state index in [1.165, 1.54) is 20.3 Å². The molecular weight excluding hydrogens is 382 g/mol. The van der Waals surface area contributed by atoms with Crippen LogP contribution in [0.4, 0.5) is 11.6 Å². The summed E-state index contributed by atoms with van der Waals surface area (Å²) in [6, 6.07) is 15.9. The van der Waals surface area contributed by atoms with Crippen molar-refractivity contribution >= 4 is 29.2 Å². The van der Waals surface area contributed by atoms with E-state index in [-0.39, 0.29) is 23.1 Å². The maximum Gasteiger partial charge on any atom is 0.342 e. The lowest BCUT2D eigenvalue weighted by atomic mass is 10.1. The summed E-state index contributed by atoms with van der Waals surface area (Å²) in [5, 5.41) is 3.22. The van der Waals surface area contributed by atoms with E-state index in [1.54, 1.807) is 18.2 Å². The number of nitrogens with one attached hydrogen (secondary N) is 1. The number of anilines is 2. The van der Waals surface area contributed by atoms with Gasteiger partial charge in [0.15, 0.2) is 0 Å². The van der Waals surface area contributed by atoms with Gasteiger partial charge in [-0.15, -0.1) is 0 Å². The van der Waals surface area contributed by atoms with Gasteiger partial charge in [0.25, 0.3) is 0 Å². The first kappa shape index (κ1) is 19.4. The van der Waals surface area contributed by atoms with Crippen LogP contribution in [0.3, 0.4) is 0 Å². The number of nitrogens with zero attached hydrogens (tertiary/aromatic N) is 2. The van der Waals surface area contributed by atoms with E-state index in [1.807, 2.05) is 30.3 Å². The minimum absolute atomic E-state index is 0.133. The van der Waals surface area contributed by atoms with Crippen molar-refractivity contribution in [2.75, 3.05) is 19.5 Å². The third-order valence-corrected chi connectivity index (χ3v) is 4.09. The summed E-state index contributed by atoms with van der Waals surface area (Å²) in [6.45, 7) is 0.133. The Labute approximate surface area is 167 Å². The number of hydrogen-bond donors (Lipinski definition) is 1. The second-order valence-electron chi connectivity index (χ2n) is 5.63. The van der Waals surface area contributed by atoms with Crippen molar-refractivity contribution < 1.29 is 19.0 Å². The molecule has 0 amide bonds. The average Bonchev–Trinajstić information content (AvgIpc) is 2.72. The first-order valence-electron chi connectivity index (χ1n) is 8.34. The predicted molar refractivity (Wildman–Crippen MR) is 105 cm³/mol. The van der Waals surface area contributed by atoms with Gasteiger partial charge in [-0.1, -0.05) is 48.0 Å². The number of carbonyl (C=O) groups is 1. The number of hydrogen-bond acceptors (Lipinski definition) is 7. The fourth-order valence-electron chi connectivity index (χ4n) is 2.42. The summed E-state index contributed by atoms with van der Waals surface area (Å²) in [7, 11) is 2.97. The summed E-state index contributed by atoms with van der Waals surface area (Å²) in [5.41, 5.74) is 1.46. The van der Waals surface area contributed by atoms with Gasteiger partial charge in [-0.05, 0) is 17.7 Å². The number of carbonyl (C=O) groups excluding carboxylic acids is 1. The third-order valence-electron chi connectivity index (χ3n) is 3.77. The van der Waals surface area contributed by atoms with Crippen molar-refractivity contribution in [2.45, 2.75) is 6.61 Å². The average molecular weight is 400 g/mol. The monoisotopic (exact) mass is 399 g/mol. The van der Waals surface area contributed by atoms with Gasteiger partial charge in [0, 0.05) is 0 Å². The molecule has 1 aromatic heterocycles. The zero-order valence-electron chi connectivity index (χ0n) is 15.3. The Bertz CT molecular complexity index is 945. The molecule has 3 rings (SSSR count). The molecule has 0 saturated carbocycles. The molecule has 0 aliphatic carbocycles. The lowest BCUT2D eigenvalue weighted by Crippen LogP contribution is -2.10. The molecule has 0 aliphatic heterocycles. The largest absolute Gasteiger partial charge is 0.481 e. The molecule has 0 fully saturated rings. The van der Waals surface area contributed by atoms with Gasteiger partial charge in [-0.2, -0.15) is 9.97 Å². The summed E-state index contributed by atoms with van der Waals surface area (Å²) in [5.74, 6) is 0.247. The summed E-state index contributed by atoms with van der Waals surface area (Å²) < 4.78 is 15.7. The zero-order chi connectivity index (χ0) is 19.9. The molecule has 8 heteroatoms. The molecule has 3 aromatic rings. The maximum absolute atomic E-state index is 12.7. The van der Waals surface area contributed by atoms with Crippen LogP contribution in [0, 0.1) is 0 Å². The van der Waals surface area contributed by atoms with E-state index >= 15 is 0 Å². The predicted octanol–water partition coefficient (Wildman–Crippen LogP) is 4.25. The van der Waals surface area contributed by atoms with Crippen LogP contribution in [-0.2, 0) is 11.3 Å². The highest BCUT2D eigenvalue weighted by molar-refractivity contribution is 6.34. The third kappa shape index (κ3) is 4.69. The smallest absolute Gasteiger partial charge is 0.342 e. The molecule has 0 unspecified atom stereocenters. The van der Waals surface area contributed by atoms with Gasteiger partial charge in [0.1, 0.15) is 12.2 Å². The molecule has 0 aliphatic rings. The van der Waals surface area contributed by atoms with Crippen molar-refractivity contribution in [3.05, 3.63) is 70.7 Å². The lowest BCUT2D eigenvalue weighted by Gasteiger charge is -2.13. The Hall–Kier alpha value is -3.32. The normalized spacial score (nSPS) is 10.2. The molecule has 0 atom stereocenters. The summed E-state index contributed by atoms with van der Waals surface area (Å²) >= 11 is 6.26. The number of ether oxygens (including phenoxy) is 3. The van der Waals surface area contributed by atoms with E-state index < -0.39 is 5.97 Å². The van der Waals surface area contributed by atoms with Crippen molar-refractivity contribution in [1.29, 1.82) is 0 Å². The Kier molecular flexibility index (Phi) is 6.29. The number of esters is 1. The van der Waals surface area contributed by atoms with Crippen molar-refractivity contribution in [3.8, 4) is 11.8 Å². The lowest BCUT2D eigenvalue weighted by molar-refractivity contribution is 0.0474. The standard InChI is InChI=1S/C20H18ClN3O4/c1-26-16-11-17(27-2)24-20(23-16)22-15-10-6-9-14(21)18(15)19(25)28-12-13-7-4-3-5-8-13/h3-11H,12H2,1-2H3,(H,22,23,24). The highest BCUT2D eigenvalue weighted by Crippen LogP contribution is 2.28. The van der Waals surface area contributed by atoms with Crippen LogP contribution in [0.15, 0.2) is 54.6 Å². The SMILES string of the molecule is COc1cc(OC)nc(Nc2cccc(Cl)c2C(=O)OCc2ccccc2)n1. The van der Waals surface area contributed by atoms with Gasteiger partial charge < -0.3 is 19.5 Å². The van der Waals surface area contributed by atoms with Crippen LogP contribution < -0.4 is 14.8 Å². The molecule has 7 nitrogen and oxygen atoms in total. The fraction of sp³-hybridized carbons (Fsp3) is 0.150. The van der Waals surface area contributed by atoms with Crippen LogP contribution in [0.1, 0.15) is 15.9 Å². The Morgan fingerprint density at radius 1 is 1.00 bits per heavy atom. The van der Waals surface area contributed by atoms with Gasteiger partial charge in [0.2, 0.25) is 17.7 Å². The molecule has 1 heterocycles. The second-order valence-corrected chi connectivity index (χ2v) is 6.03. The van der Waals surface area contributed by atoms with Gasteiger partial charge in [-0.3, -0.25) is 0 Å². The number of rotatable bonds is 7. The van der Waals surface area contributed by atoms with Gasteiger partial charge in [0.05, 0.1) is 31.0 Å². The Morgan fingerprint density at radius 3 is 2.32 bits per heavy atom. The highest BCUT2D eigenvalue weighted by Gasteiger charge is 2.18. The van der Waals surface area contributed by atoms with Crippen LogP contribution in [0.5, 0.6) is 11.8 Å². The molecule has 0 radical (unpaired) electrons. The summed E-state index contributed by atoms with van der Waals surface area (Å²) in [4.78, 5) is 21.1. The molecule has 144 valence electrons. The quantitative estimate of drug-likeness (QED) is 0.594. The van der Waals surface area contributed by atoms with E-state index in [9.17, 15) is 4.79 Å². The Balaban J connectivity index is 1.85. The van der Waals surface area contributed by atoms with Crippen molar-refractivity contribution in [3.63, 3.8) is 0 Å². The van der Waals surface area contributed by atoms with E-state index in [0.717, 1.165) is 5.56 Å². The number of aromatic nitrogens is 2. The molecule has 0 bridgehead atoms. The minimum atomic E-state index is -0.563. The first-order chi connectivity index (χ1) is 13.6. The number of benzene rings is 2. The number of methoxy groups -OCH3 is 2. The molecule has 28 heavy (non-hydrogen) atoms. The van der Waals surface area contributed by atoms with E-state index in [4.69, 9.17) is 25.8 Å². The maximum atomic E-state index is 12.7. The van der Waals surface area contributed by atoms with E-state index in [0.29, 0.717) is 17.4 Å². The van der Waals surface area contributed by atoms with Crippen LogP contribution in [0.25, 0.3) is 0 Å². The van der Waals surface area contributed by atoms with Gasteiger partial charge >= 0.3 is 5.97 Å². The minimum Gasteiger partial charge on any atom is -0.481 e. The van der Waals surface area contributed by atoms with Crippen LogP contribution in [-0.4, -0.2) is 30.2 Å². The molecule has 2 aromatic carbocycles. The molecule has 1 N–H and O–H groups in total. The number of halogens is 1. The second kappa shape index (κ2) is 9.05. The molecular formula is C20H18ClN3O4. The van der Waals surface area contributed by atoms with Crippen molar-refractivity contribution in [1.82, 2.24) is 9.97 Å². The molecule has 0 saturated heterocycles. The Morgan fingerprint density at radius 2 is 1.68 bits per heavy atom. The zero-order valence-corrected chi connectivity index (χ0v) is 16.1.